The second kappa shape index (κ2) is 11.6. The van der Waals surface area contributed by atoms with Gasteiger partial charge < -0.3 is 15.4 Å². The van der Waals surface area contributed by atoms with Crippen molar-refractivity contribution in [2.75, 3.05) is 6.54 Å². The fourth-order valence-electron chi connectivity index (χ4n) is 2.80. The Labute approximate surface area is 181 Å². The van der Waals surface area contributed by atoms with Crippen LogP contribution in [0.25, 0.3) is 0 Å². The lowest BCUT2D eigenvalue weighted by molar-refractivity contribution is -0.121. The quantitative estimate of drug-likeness (QED) is 0.548. The molecular weight excluding hydrogens is 432 g/mol. The minimum absolute atomic E-state index is 0.0608. The molecule has 6 heteroatoms. The number of carbonyl (C=O) groups is 2. The zero-order valence-corrected chi connectivity index (χ0v) is 18.8. The average molecular weight is 461 g/mol. The second-order valence-electron chi connectivity index (χ2n) is 7.33. The van der Waals surface area contributed by atoms with Crippen molar-refractivity contribution in [3.63, 3.8) is 0 Å². The maximum Gasteiger partial charge on any atom is 0.251 e. The summed E-state index contributed by atoms with van der Waals surface area (Å²) in [6, 6.07) is 15.2. The van der Waals surface area contributed by atoms with Gasteiger partial charge in [0.05, 0.1) is 6.10 Å². The predicted molar refractivity (Wildman–Crippen MR) is 119 cm³/mol. The average Bonchev–Trinajstić information content (AvgIpc) is 2.67. The van der Waals surface area contributed by atoms with Gasteiger partial charge in [0.25, 0.3) is 5.91 Å². The largest absolute Gasteiger partial charge is 0.491 e. The first-order valence-electron chi connectivity index (χ1n) is 9.92. The molecule has 0 aromatic heterocycles. The third-order valence-electron chi connectivity index (χ3n) is 4.31. The van der Waals surface area contributed by atoms with Crippen molar-refractivity contribution in [2.24, 2.45) is 0 Å². The first kappa shape index (κ1) is 22.9. The number of ether oxygens (including phenoxy) is 1. The lowest BCUT2D eigenvalue weighted by Gasteiger charge is -2.15. The normalized spacial score (nSPS) is 11.8. The van der Waals surface area contributed by atoms with Crippen LogP contribution in [0.2, 0.25) is 0 Å². The molecule has 1 unspecified atom stereocenters. The highest BCUT2D eigenvalue weighted by atomic mass is 79.9. The summed E-state index contributed by atoms with van der Waals surface area (Å²) in [4.78, 5) is 24.1. The van der Waals surface area contributed by atoms with E-state index in [-0.39, 0.29) is 30.4 Å². The number of amides is 2. The molecule has 2 N–H and O–H groups in total. The third-order valence-corrected chi connectivity index (χ3v) is 4.84. The molecule has 29 heavy (non-hydrogen) atoms. The molecule has 0 fully saturated rings. The summed E-state index contributed by atoms with van der Waals surface area (Å²) in [5, 5.41) is 5.76. The standard InChI is InChI=1S/C23H29BrN2O3/c1-16(2)29-21-12-6-18(7-13-21)5-4-17(3)26-22(27)14-15-25-23(28)19-8-10-20(24)11-9-19/h6-13,16-17H,4-5,14-15H2,1-3H3,(H,25,28)(H,26,27). The van der Waals surface area contributed by atoms with E-state index in [2.05, 4.69) is 38.7 Å². The van der Waals surface area contributed by atoms with Crippen LogP contribution in [0.3, 0.4) is 0 Å². The van der Waals surface area contributed by atoms with Crippen molar-refractivity contribution < 1.29 is 14.3 Å². The van der Waals surface area contributed by atoms with Crippen LogP contribution >= 0.6 is 15.9 Å². The number of rotatable bonds is 10. The van der Waals surface area contributed by atoms with E-state index < -0.39 is 0 Å². The van der Waals surface area contributed by atoms with Crippen molar-refractivity contribution in [3.05, 3.63) is 64.1 Å². The summed E-state index contributed by atoms with van der Waals surface area (Å²) in [6.45, 7) is 6.31. The first-order valence-corrected chi connectivity index (χ1v) is 10.7. The van der Waals surface area contributed by atoms with Crippen molar-refractivity contribution in [1.82, 2.24) is 10.6 Å². The number of carbonyl (C=O) groups excluding carboxylic acids is 2. The Kier molecular flexibility index (Phi) is 9.19. The van der Waals surface area contributed by atoms with E-state index in [1.165, 1.54) is 5.56 Å². The van der Waals surface area contributed by atoms with Gasteiger partial charge in [0.2, 0.25) is 5.91 Å². The summed E-state index contributed by atoms with van der Waals surface area (Å²) in [5.41, 5.74) is 1.79. The predicted octanol–water partition coefficient (Wildman–Crippen LogP) is 4.49. The SMILES string of the molecule is CC(CCc1ccc(OC(C)C)cc1)NC(=O)CCNC(=O)c1ccc(Br)cc1. The van der Waals surface area contributed by atoms with Gasteiger partial charge in [-0.2, -0.15) is 0 Å². The fraction of sp³-hybridized carbons (Fsp3) is 0.391. The topological polar surface area (TPSA) is 67.4 Å². The van der Waals surface area contributed by atoms with Gasteiger partial charge in [-0.15, -0.1) is 0 Å². The monoisotopic (exact) mass is 460 g/mol. The molecule has 2 rings (SSSR count). The van der Waals surface area contributed by atoms with Gasteiger partial charge in [-0.3, -0.25) is 9.59 Å². The van der Waals surface area contributed by atoms with Crippen molar-refractivity contribution >= 4 is 27.7 Å². The zero-order valence-electron chi connectivity index (χ0n) is 17.2. The molecule has 2 amide bonds. The van der Waals surface area contributed by atoms with Crippen LogP contribution in [0.5, 0.6) is 5.75 Å². The highest BCUT2D eigenvalue weighted by Gasteiger charge is 2.10. The van der Waals surface area contributed by atoms with E-state index in [9.17, 15) is 9.59 Å². The van der Waals surface area contributed by atoms with Gasteiger partial charge in [-0.25, -0.2) is 0 Å². The summed E-state index contributed by atoms with van der Waals surface area (Å²) in [6.07, 6.45) is 2.15. The molecule has 0 aliphatic rings. The van der Waals surface area contributed by atoms with Crippen molar-refractivity contribution in [2.45, 2.75) is 52.2 Å². The summed E-state index contributed by atoms with van der Waals surface area (Å²) >= 11 is 3.34. The van der Waals surface area contributed by atoms with E-state index in [0.29, 0.717) is 12.1 Å². The van der Waals surface area contributed by atoms with E-state index >= 15 is 0 Å². The van der Waals surface area contributed by atoms with Gasteiger partial charge in [-0.1, -0.05) is 28.1 Å². The molecule has 0 bridgehead atoms. The molecule has 0 aliphatic heterocycles. The highest BCUT2D eigenvalue weighted by Crippen LogP contribution is 2.15. The summed E-state index contributed by atoms with van der Waals surface area (Å²) < 4.78 is 6.56. The number of nitrogens with one attached hydrogen (secondary N) is 2. The number of hydrogen-bond donors (Lipinski definition) is 2. The van der Waals surface area contributed by atoms with Crippen LogP contribution in [-0.4, -0.2) is 30.5 Å². The van der Waals surface area contributed by atoms with Crippen LogP contribution in [0.15, 0.2) is 53.0 Å². The number of halogens is 1. The van der Waals surface area contributed by atoms with Gasteiger partial charge >= 0.3 is 0 Å². The van der Waals surface area contributed by atoms with Gasteiger partial charge in [-0.05, 0) is 75.6 Å². The molecule has 0 saturated carbocycles. The van der Waals surface area contributed by atoms with Crippen molar-refractivity contribution in [3.8, 4) is 5.75 Å². The molecular formula is C23H29BrN2O3. The Hall–Kier alpha value is -2.34. The summed E-state index contributed by atoms with van der Waals surface area (Å²) in [7, 11) is 0. The van der Waals surface area contributed by atoms with Crippen LogP contribution < -0.4 is 15.4 Å². The summed E-state index contributed by atoms with van der Waals surface area (Å²) in [5.74, 6) is 0.632. The van der Waals surface area contributed by atoms with Crippen LogP contribution in [0.1, 0.15) is 49.5 Å². The molecule has 0 radical (unpaired) electrons. The molecule has 0 aliphatic carbocycles. The molecule has 2 aromatic carbocycles. The second-order valence-corrected chi connectivity index (χ2v) is 8.25. The van der Waals surface area contributed by atoms with Gasteiger partial charge in [0, 0.05) is 29.0 Å². The van der Waals surface area contributed by atoms with Crippen LogP contribution in [-0.2, 0) is 11.2 Å². The van der Waals surface area contributed by atoms with Crippen LogP contribution in [0, 0.1) is 0 Å². The van der Waals surface area contributed by atoms with Gasteiger partial charge in [0.15, 0.2) is 0 Å². The smallest absolute Gasteiger partial charge is 0.251 e. The highest BCUT2D eigenvalue weighted by molar-refractivity contribution is 9.10. The maximum absolute atomic E-state index is 12.1. The Morgan fingerprint density at radius 3 is 2.28 bits per heavy atom. The van der Waals surface area contributed by atoms with E-state index in [0.717, 1.165) is 23.1 Å². The minimum Gasteiger partial charge on any atom is -0.491 e. The van der Waals surface area contributed by atoms with E-state index in [1.807, 2.05) is 45.0 Å². The van der Waals surface area contributed by atoms with Crippen LogP contribution in [0.4, 0.5) is 0 Å². The number of benzene rings is 2. The lowest BCUT2D eigenvalue weighted by Crippen LogP contribution is -2.35. The van der Waals surface area contributed by atoms with Crippen molar-refractivity contribution in [1.29, 1.82) is 0 Å². The Balaban J connectivity index is 1.65. The molecule has 2 aromatic rings. The Morgan fingerprint density at radius 2 is 1.66 bits per heavy atom. The molecule has 5 nitrogen and oxygen atoms in total. The Bertz CT molecular complexity index is 789. The third kappa shape index (κ3) is 8.69. The number of aryl methyl sites for hydroxylation is 1. The molecule has 0 spiro atoms. The van der Waals surface area contributed by atoms with E-state index in [4.69, 9.17) is 4.74 Å². The Morgan fingerprint density at radius 1 is 1.00 bits per heavy atom. The fourth-order valence-corrected chi connectivity index (χ4v) is 3.07. The molecule has 156 valence electrons. The number of hydrogen-bond acceptors (Lipinski definition) is 3. The molecule has 1 atom stereocenters. The van der Waals surface area contributed by atoms with E-state index in [1.54, 1.807) is 12.1 Å². The first-order chi connectivity index (χ1) is 13.8. The zero-order chi connectivity index (χ0) is 21.2. The minimum atomic E-state index is -0.178. The maximum atomic E-state index is 12.1. The van der Waals surface area contributed by atoms with Gasteiger partial charge in [0.1, 0.15) is 5.75 Å². The molecule has 0 heterocycles. The lowest BCUT2D eigenvalue weighted by atomic mass is 10.1. The molecule has 0 saturated heterocycles.